The molecular formula is C28H31N5O4S. The summed E-state index contributed by atoms with van der Waals surface area (Å²) in [7, 11) is -2.35. The minimum Gasteiger partial charge on any atom is -0.495 e. The molecule has 1 fully saturated rings. The summed E-state index contributed by atoms with van der Waals surface area (Å²) in [6.45, 7) is 5.04. The molecule has 4 aromatic rings. The second kappa shape index (κ2) is 10.5. The number of hydrogen-bond donors (Lipinski definition) is 1. The van der Waals surface area contributed by atoms with E-state index >= 15 is 0 Å². The van der Waals surface area contributed by atoms with Crippen LogP contribution >= 0.6 is 0 Å². The summed E-state index contributed by atoms with van der Waals surface area (Å²) in [5.74, 6) is -0.117. The summed E-state index contributed by atoms with van der Waals surface area (Å²) in [6, 6.07) is 16.4. The number of nitrogens with zero attached hydrogens (tertiary/aromatic N) is 4. The molecule has 1 N–H and O–H groups in total. The van der Waals surface area contributed by atoms with E-state index in [0.717, 1.165) is 36.2 Å². The smallest absolute Gasteiger partial charge is 0.272 e. The van der Waals surface area contributed by atoms with Crippen molar-refractivity contribution in [1.29, 1.82) is 0 Å². The monoisotopic (exact) mass is 533 g/mol. The van der Waals surface area contributed by atoms with E-state index in [1.165, 1.54) is 11.4 Å². The molecule has 2 aromatic heterocycles. The Labute approximate surface area is 222 Å². The summed E-state index contributed by atoms with van der Waals surface area (Å²) in [4.78, 5) is 18.2. The fourth-order valence-corrected chi connectivity index (χ4v) is 6.58. The second-order valence-corrected chi connectivity index (χ2v) is 11.4. The fraction of sp³-hybridized carbons (Fsp3) is 0.321. The molecule has 10 heteroatoms. The molecule has 0 aliphatic carbocycles. The molecule has 0 spiro atoms. The standard InChI is InChI=1S/C28H31N5O4S/c1-19-16-20(2)33-27(30-19)25(26(31-33)28(34)29-18-21-10-6-4-7-11-21)22-12-13-23(37-3)24(17-22)38(35,36)32-14-8-5-9-15-32/h4,6-7,10-13,16-17H,5,8-9,14-15,18H2,1-3H3,(H,29,34). The number of aromatic nitrogens is 3. The van der Waals surface area contributed by atoms with Crippen LogP contribution < -0.4 is 10.1 Å². The van der Waals surface area contributed by atoms with E-state index < -0.39 is 10.0 Å². The van der Waals surface area contributed by atoms with Crippen molar-refractivity contribution in [3.8, 4) is 16.9 Å². The molecule has 1 saturated heterocycles. The van der Waals surface area contributed by atoms with Crippen LogP contribution in [0.3, 0.4) is 0 Å². The number of aryl methyl sites for hydroxylation is 2. The molecule has 0 unspecified atom stereocenters. The van der Waals surface area contributed by atoms with E-state index in [1.807, 2.05) is 50.2 Å². The van der Waals surface area contributed by atoms with Gasteiger partial charge in [-0.1, -0.05) is 42.8 Å². The molecule has 1 aliphatic rings. The topological polar surface area (TPSA) is 106 Å². The van der Waals surface area contributed by atoms with Gasteiger partial charge >= 0.3 is 0 Å². The minimum atomic E-state index is -3.81. The summed E-state index contributed by atoms with van der Waals surface area (Å²) in [6.07, 6.45) is 2.66. The Morgan fingerprint density at radius 3 is 2.47 bits per heavy atom. The second-order valence-electron chi connectivity index (χ2n) is 9.50. The summed E-state index contributed by atoms with van der Waals surface area (Å²) < 4.78 is 35.9. The molecule has 0 atom stereocenters. The zero-order valence-corrected chi connectivity index (χ0v) is 22.6. The number of sulfonamides is 1. The van der Waals surface area contributed by atoms with Gasteiger partial charge < -0.3 is 10.1 Å². The van der Waals surface area contributed by atoms with Crippen LogP contribution in [-0.2, 0) is 16.6 Å². The molecule has 38 heavy (non-hydrogen) atoms. The lowest BCUT2D eigenvalue weighted by Crippen LogP contribution is -2.35. The van der Waals surface area contributed by atoms with E-state index in [1.54, 1.807) is 22.7 Å². The number of rotatable bonds is 7. The SMILES string of the molecule is COc1ccc(-c2c(C(=O)NCc3ccccc3)nn3c(C)cc(C)nc23)cc1S(=O)(=O)N1CCCCC1. The largest absolute Gasteiger partial charge is 0.495 e. The van der Waals surface area contributed by atoms with Crippen molar-refractivity contribution in [2.45, 2.75) is 44.6 Å². The van der Waals surface area contributed by atoms with Gasteiger partial charge in [-0.15, -0.1) is 0 Å². The molecule has 198 valence electrons. The van der Waals surface area contributed by atoms with Gasteiger partial charge in [-0.3, -0.25) is 4.79 Å². The highest BCUT2D eigenvalue weighted by molar-refractivity contribution is 7.89. The maximum Gasteiger partial charge on any atom is 0.272 e. The number of benzene rings is 2. The molecule has 0 saturated carbocycles. The molecule has 3 heterocycles. The highest BCUT2D eigenvalue weighted by atomic mass is 32.2. The lowest BCUT2D eigenvalue weighted by molar-refractivity contribution is 0.0946. The van der Waals surface area contributed by atoms with Gasteiger partial charge in [-0.25, -0.2) is 17.9 Å². The predicted octanol–water partition coefficient (Wildman–Crippen LogP) is 4.13. The number of amides is 1. The van der Waals surface area contributed by atoms with E-state index in [0.29, 0.717) is 36.4 Å². The van der Waals surface area contributed by atoms with Crippen LogP contribution in [0.25, 0.3) is 16.8 Å². The van der Waals surface area contributed by atoms with Gasteiger partial charge in [0.05, 0.1) is 12.7 Å². The Balaban J connectivity index is 1.64. The average Bonchev–Trinajstić information content (AvgIpc) is 3.32. The summed E-state index contributed by atoms with van der Waals surface area (Å²) in [5.41, 5.74) is 4.19. The molecule has 5 rings (SSSR count). The van der Waals surface area contributed by atoms with Crippen LogP contribution in [0.5, 0.6) is 5.75 Å². The Hall–Kier alpha value is -3.76. The van der Waals surface area contributed by atoms with E-state index in [9.17, 15) is 13.2 Å². The van der Waals surface area contributed by atoms with Crippen molar-refractivity contribution < 1.29 is 17.9 Å². The molecule has 0 bridgehead atoms. The van der Waals surface area contributed by atoms with Crippen molar-refractivity contribution in [3.63, 3.8) is 0 Å². The third-order valence-electron chi connectivity index (χ3n) is 6.79. The van der Waals surface area contributed by atoms with Crippen molar-refractivity contribution in [2.24, 2.45) is 0 Å². The maximum absolute atomic E-state index is 13.7. The Kier molecular flexibility index (Phi) is 7.18. The summed E-state index contributed by atoms with van der Waals surface area (Å²) in [5, 5.41) is 7.56. The number of fused-ring (bicyclic) bond motifs is 1. The van der Waals surface area contributed by atoms with Crippen LogP contribution in [0.1, 0.15) is 46.7 Å². The van der Waals surface area contributed by atoms with Gasteiger partial charge in [0.1, 0.15) is 10.6 Å². The fourth-order valence-electron chi connectivity index (χ4n) is 4.89. The van der Waals surface area contributed by atoms with Crippen LogP contribution in [0.4, 0.5) is 0 Å². The quantitative estimate of drug-likeness (QED) is 0.383. The Morgan fingerprint density at radius 2 is 1.76 bits per heavy atom. The van der Waals surface area contributed by atoms with E-state index in [4.69, 9.17) is 4.74 Å². The van der Waals surface area contributed by atoms with Gasteiger partial charge in [-0.2, -0.15) is 9.40 Å². The number of nitrogens with one attached hydrogen (secondary N) is 1. The van der Waals surface area contributed by atoms with Crippen LogP contribution in [0.15, 0.2) is 59.5 Å². The number of methoxy groups -OCH3 is 1. The maximum atomic E-state index is 13.7. The van der Waals surface area contributed by atoms with E-state index in [2.05, 4.69) is 15.4 Å². The van der Waals surface area contributed by atoms with Crippen molar-refractivity contribution in [1.82, 2.24) is 24.2 Å². The minimum absolute atomic E-state index is 0.0683. The molecular weight excluding hydrogens is 502 g/mol. The number of carbonyl (C=O) groups excluding carboxylic acids is 1. The predicted molar refractivity (Wildman–Crippen MR) is 145 cm³/mol. The molecule has 1 amide bonds. The third-order valence-corrected chi connectivity index (χ3v) is 8.71. The van der Waals surface area contributed by atoms with Gasteiger partial charge in [0.2, 0.25) is 10.0 Å². The van der Waals surface area contributed by atoms with Crippen LogP contribution in [-0.4, -0.2) is 53.4 Å². The zero-order valence-electron chi connectivity index (χ0n) is 21.8. The molecule has 1 aliphatic heterocycles. The van der Waals surface area contributed by atoms with Gasteiger partial charge in [0.15, 0.2) is 11.3 Å². The molecule has 2 aromatic carbocycles. The zero-order chi connectivity index (χ0) is 26.9. The first-order chi connectivity index (χ1) is 18.3. The van der Waals surface area contributed by atoms with Crippen LogP contribution in [0.2, 0.25) is 0 Å². The van der Waals surface area contributed by atoms with Gasteiger partial charge in [0.25, 0.3) is 5.91 Å². The van der Waals surface area contributed by atoms with Crippen molar-refractivity contribution in [3.05, 3.63) is 77.2 Å². The molecule has 9 nitrogen and oxygen atoms in total. The van der Waals surface area contributed by atoms with E-state index in [-0.39, 0.29) is 22.2 Å². The lowest BCUT2D eigenvalue weighted by Gasteiger charge is -2.26. The first-order valence-electron chi connectivity index (χ1n) is 12.7. The highest BCUT2D eigenvalue weighted by Crippen LogP contribution is 2.36. The normalized spacial score (nSPS) is 14.5. The van der Waals surface area contributed by atoms with Crippen molar-refractivity contribution in [2.75, 3.05) is 20.2 Å². The lowest BCUT2D eigenvalue weighted by atomic mass is 10.0. The Bertz CT molecular complexity index is 1590. The number of ether oxygens (including phenoxy) is 1. The summed E-state index contributed by atoms with van der Waals surface area (Å²) >= 11 is 0. The molecule has 0 radical (unpaired) electrons. The van der Waals surface area contributed by atoms with Crippen molar-refractivity contribution >= 4 is 21.6 Å². The Morgan fingerprint density at radius 1 is 1.03 bits per heavy atom. The number of carbonyl (C=O) groups is 1. The first-order valence-corrected chi connectivity index (χ1v) is 14.1. The van der Waals surface area contributed by atoms with Gasteiger partial charge in [-0.05, 0) is 56.0 Å². The first kappa shape index (κ1) is 25.9. The average molecular weight is 534 g/mol. The van der Waals surface area contributed by atoms with Crippen LogP contribution in [0, 0.1) is 13.8 Å². The number of hydrogen-bond acceptors (Lipinski definition) is 6. The third kappa shape index (κ3) is 4.89. The number of piperidine rings is 1. The van der Waals surface area contributed by atoms with Gasteiger partial charge in [0, 0.05) is 31.0 Å². The highest BCUT2D eigenvalue weighted by Gasteiger charge is 2.31.